The molecule has 3 rings (SSSR count). The molecule has 1 fully saturated rings. The van der Waals surface area contributed by atoms with Crippen LogP contribution in [0.4, 0.5) is 0 Å². The van der Waals surface area contributed by atoms with Crippen molar-refractivity contribution in [3.05, 3.63) is 22.8 Å². The third kappa shape index (κ3) is 2.04. The van der Waals surface area contributed by atoms with E-state index < -0.39 is 17.1 Å². The zero-order valence-electron chi connectivity index (χ0n) is 15.1. The Kier molecular flexibility index (Phi) is 3.60. The smallest absolute Gasteiger partial charge is 0.229 e. The molecule has 1 saturated carbocycles. The van der Waals surface area contributed by atoms with E-state index in [9.17, 15) is 19.8 Å². The van der Waals surface area contributed by atoms with Crippen LogP contribution in [0.2, 0.25) is 0 Å². The summed E-state index contributed by atoms with van der Waals surface area (Å²) in [6.07, 6.45) is 2.52. The summed E-state index contributed by atoms with van der Waals surface area (Å²) in [5.74, 6) is -1.78. The standard InChI is InChI=1S/C20H26O4/c1-10(2)11-9-12-13(16(23)14(11)21)20(5)8-6-7-19(3,4)18(20)17(24)15(12)22/h9-10,18,21,23H,6-8H2,1-5H3/t18-,20+/m0/s1. The van der Waals surface area contributed by atoms with E-state index in [2.05, 4.69) is 0 Å². The average molecular weight is 330 g/mol. The Labute approximate surface area is 142 Å². The lowest BCUT2D eigenvalue weighted by molar-refractivity contribution is -0.128. The highest BCUT2D eigenvalue weighted by Crippen LogP contribution is 2.59. The molecule has 4 heteroatoms. The Balaban J connectivity index is 2.36. The van der Waals surface area contributed by atoms with E-state index in [-0.39, 0.29) is 34.2 Å². The molecular weight excluding hydrogens is 304 g/mol. The van der Waals surface area contributed by atoms with Crippen LogP contribution in [0.3, 0.4) is 0 Å². The van der Waals surface area contributed by atoms with E-state index in [4.69, 9.17) is 0 Å². The fraction of sp³-hybridized carbons (Fsp3) is 0.600. The molecule has 1 aromatic rings. The Morgan fingerprint density at radius 3 is 2.29 bits per heavy atom. The van der Waals surface area contributed by atoms with Crippen molar-refractivity contribution in [3.8, 4) is 11.5 Å². The molecule has 2 aliphatic carbocycles. The lowest BCUT2D eigenvalue weighted by Gasteiger charge is -2.52. The number of ketones is 2. The van der Waals surface area contributed by atoms with E-state index in [1.165, 1.54) is 0 Å². The minimum absolute atomic E-state index is 0.0579. The van der Waals surface area contributed by atoms with Crippen LogP contribution in [-0.2, 0) is 10.2 Å². The second-order valence-corrected chi connectivity index (χ2v) is 8.63. The van der Waals surface area contributed by atoms with Gasteiger partial charge in [0.1, 0.15) is 0 Å². The van der Waals surface area contributed by atoms with Crippen molar-refractivity contribution in [1.29, 1.82) is 0 Å². The molecule has 2 atom stereocenters. The molecule has 0 amide bonds. The first-order valence-electron chi connectivity index (χ1n) is 8.70. The van der Waals surface area contributed by atoms with Gasteiger partial charge in [-0.25, -0.2) is 0 Å². The van der Waals surface area contributed by atoms with Gasteiger partial charge in [-0.05, 0) is 30.2 Å². The first-order valence-corrected chi connectivity index (χ1v) is 8.70. The third-order valence-corrected chi connectivity index (χ3v) is 6.16. The number of rotatable bonds is 1. The Morgan fingerprint density at radius 2 is 1.71 bits per heavy atom. The maximum absolute atomic E-state index is 12.9. The highest BCUT2D eigenvalue weighted by atomic mass is 16.3. The van der Waals surface area contributed by atoms with Crippen molar-refractivity contribution in [2.45, 2.75) is 65.2 Å². The summed E-state index contributed by atoms with van der Waals surface area (Å²) in [5, 5.41) is 21.2. The van der Waals surface area contributed by atoms with Crippen LogP contribution in [0, 0.1) is 11.3 Å². The molecule has 0 aliphatic heterocycles. The average Bonchev–Trinajstić information content (AvgIpc) is 2.46. The second kappa shape index (κ2) is 5.08. The number of phenols is 2. The van der Waals surface area contributed by atoms with Gasteiger partial charge in [0.2, 0.25) is 11.6 Å². The molecule has 0 saturated heterocycles. The summed E-state index contributed by atoms with van der Waals surface area (Å²) in [4.78, 5) is 25.7. The van der Waals surface area contributed by atoms with Crippen molar-refractivity contribution in [2.75, 3.05) is 0 Å². The van der Waals surface area contributed by atoms with Crippen molar-refractivity contribution in [2.24, 2.45) is 11.3 Å². The molecule has 1 aromatic carbocycles. The van der Waals surface area contributed by atoms with E-state index in [0.29, 0.717) is 11.1 Å². The van der Waals surface area contributed by atoms with Crippen molar-refractivity contribution < 1.29 is 19.8 Å². The normalized spacial score (nSPS) is 28.7. The molecule has 4 nitrogen and oxygen atoms in total. The minimum Gasteiger partial charge on any atom is -0.504 e. The highest BCUT2D eigenvalue weighted by Gasteiger charge is 2.58. The molecule has 0 unspecified atom stereocenters. The minimum atomic E-state index is -0.626. The quantitative estimate of drug-likeness (QED) is 0.601. The zero-order chi connectivity index (χ0) is 18.0. The van der Waals surface area contributed by atoms with Gasteiger partial charge in [0.05, 0.1) is 0 Å². The summed E-state index contributed by atoms with van der Waals surface area (Å²) >= 11 is 0. The fourth-order valence-electron chi connectivity index (χ4n) is 5.12. The number of benzene rings is 1. The molecule has 2 N–H and O–H groups in total. The second-order valence-electron chi connectivity index (χ2n) is 8.63. The SMILES string of the molecule is CC(C)c1cc2c(c(O)c1O)[C@@]1(C)CCCC(C)(C)[C@@H]1C(=O)C2=O. The first kappa shape index (κ1) is 17.0. The number of carbonyl (C=O) groups is 2. The van der Waals surface area contributed by atoms with Crippen LogP contribution in [-0.4, -0.2) is 21.8 Å². The van der Waals surface area contributed by atoms with Gasteiger partial charge in [-0.3, -0.25) is 9.59 Å². The molecule has 24 heavy (non-hydrogen) atoms. The van der Waals surface area contributed by atoms with Gasteiger partial charge in [-0.2, -0.15) is 0 Å². The summed E-state index contributed by atoms with van der Waals surface area (Å²) < 4.78 is 0. The molecule has 0 bridgehead atoms. The molecule has 0 aromatic heterocycles. The van der Waals surface area contributed by atoms with Gasteiger partial charge in [0.15, 0.2) is 11.5 Å². The molecule has 0 spiro atoms. The number of Topliss-reactive ketones (excluding diaryl/α,β-unsaturated/α-hetero) is 2. The molecule has 0 heterocycles. The Morgan fingerprint density at radius 1 is 1.08 bits per heavy atom. The van der Waals surface area contributed by atoms with Crippen molar-refractivity contribution in [1.82, 2.24) is 0 Å². The number of hydrogen-bond acceptors (Lipinski definition) is 4. The van der Waals surface area contributed by atoms with Crippen LogP contribution >= 0.6 is 0 Å². The van der Waals surface area contributed by atoms with Crippen LogP contribution < -0.4 is 0 Å². The summed E-state index contributed by atoms with van der Waals surface area (Å²) in [5.41, 5.74) is 0.307. The maximum Gasteiger partial charge on any atom is 0.229 e. The van der Waals surface area contributed by atoms with E-state index in [1.807, 2.05) is 34.6 Å². The predicted octanol–water partition coefficient (Wildman–Crippen LogP) is 4.07. The highest BCUT2D eigenvalue weighted by molar-refractivity contribution is 6.46. The summed E-state index contributed by atoms with van der Waals surface area (Å²) in [7, 11) is 0. The van der Waals surface area contributed by atoms with E-state index >= 15 is 0 Å². The molecular formula is C20H26O4. The van der Waals surface area contributed by atoms with Crippen LogP contribution in [0.5, 0.6) is 11.5 Å². The summed E-state index contributed by atoms with van der Waals surface area (Å²) in [6.45, 7) is 9.75. The molecule has 130 valence electrons. The fourth-order valence-corrected chi connectivity index (χ4v) is 5.12. The van der Waals surface area contributed by atoms with Crippen LogP contribution in [0.25, 0.3) is 0 Å². The number of phenolic OH excluding ortho intramolecular Hbond substituents is 2. The van der Waals surface area contributed by atoms with Gasteiger partial charge in [0.25, 0.3) is 0 Å². The summed E-state index contributed by atoms with van der Waals surface area (Å²) in [6, 6.07) is 1.61. The number of hydrogen-bond donors (Lipinski definition) is 2. The Bertz CT molecular complexity index is 744. The van der Waals surface area contributed by atoms with Gasteiger partial charge in [0, 0.05) is 28.0 Å². The lowest BCUT2D eigenvalue weighted by atomic mass is 9.49. The van der Waals surface area contributed by atoms with Gasteiger partial charge < -0.3 is 10.2 Å². The largest absolute Gasteiger partial charge is 0.504 e. The predicted molar refractivity (Wildman–Crippen MR) is 91.7 cm³/mol. The number of carbonyl (C=O) groups excluding carboxylic acids is 2. The lowest BCUT2D eigenvalue weighted by Crippen LogP contribution is -2.54. The van der Waals surface area contributed by atoms with Crippen LogP contribution in [0.1, 0.15) is 81.3 Å². The van der Waals surface area contributed by atoms with Gasteiger partial charge in [-0.1, -0.05) is 41.0 Å². The van der Waals surface area contributed by atoms with Crippen molar-refractivity contribution >= 4 is 11.6 Å². The third-order valence-electron chi connectivity index (χ3n) is 6.16. The van der Waals surface area contributed by atoms with E-state index in [1.54, 1.807) is 6.07 Å². The Hall–Kier alpha value is -1.84. The maximum atomic E-state index is 12.9. The zero-order valence-corrected chi connectivity index (χ0v) is 15.1. The van der Waals surface area contributed by atoms with Crippen molar-refractivity contribution in [3.63, 3.8) is 0 Å². The van der Waals surface area contributed by atoms with Gasteiger partial charge in [-0.15, -0.1) is 0 Å². The first-order chi connectivity index (χ1) is 11.0. The molecule has 2 aliphatic rings. The van der Waals surface area contributed by atoms with E-state index in [0.717, 1.165) is 19.3 Å². The molecule has 0 radical (unpaired) electrons. The number of aromatic hydroxyl groups is 2. The number of fused-ring (bicyclic) bond motifs is 3. The monoisotopic (exact) mass is 330 g/mol. The van der Waals surface area contributed by atoms with Crippen LogP contribution in [0.15, 0.2) is 6.07 Å². The topological polar surface area (TPSA) is 74.6 Å². The van der Waals surface area contributed by atoms with Gasteiger partial charge >= 0.3 is 0 Å².